The fourth-order valence-corrected chi connectivity index (χ4v) is 2.91. The molecule has 0 N–H and O–H groups in total. The summed E-state index contributed by atoms with van der Waals surface area (Å²) in [5, 5.41) is 4.14. The Hall–Kier alpha value is -2.01. The summed E-state index contributed by atoms with van der Waals surface area (Å²) in [5.41, 5.74) is 2.13. The second kappa shape index (κ2) is 6.40. The Kier molecular flexibility index (Phi) is 4.34. The quantitative estimate of drug-likeness (QED) is 0.794. The molecule has 2 heterocycles. The van der Waals surface area contributed by atoms with Crippen molar-refractivity contribution in [2.75, 3.05) is 19.0 Å². The van der Waals surface area contributed by atoms with Gasteiger partial charge in [-0.05, 0) is 12.1 Å². The maximum absolute atomic E-state index is 12.2. The normalized spacial score (nSPS) is 16.2. The molecule has 0 fully saturated rings. The molecule has 6 heteroatoms. The number of para-hydroxylation sites is 1. The van der Waals surface area contributed by atoms with Gasteiger partial charge in [0.15, 0.2) is 0 Å². The van der Waals surface area contributed by atoms with Crippen LogP contribution >= 0.6 is 11.6 Å². The predicted molar refractivity (Wildman–Crippen MR) is 84.0 cm³/mol. The molecule has 0 saturated carbocycles. The van der Waals surface area contributed by atoms with Gasteiger partial charge in [0.2, 0.25) is 5.91 Å². The molecule has 1 aliphatic rings. The number of ether oxygens (including phenoxy) is 1. The van der Waals surface area contributed by atoms with E-state index in [1.807, 2.05) is 31.3 Å². The molecule has 1 unspecified atom stereocenters. The molecule has 1 atom stereocenters. The summed E-state index contributed by atoms with van der Waals surface area (Å²) in [4.78, 5) is 14.0. The van der Waals surface area contributed by atoms with Gasteiger partial charge in [-0.2, -0.15) is 5.10 Å². The first-order valence-corrected chi connectivity index (χ1v) is 7.75. The van der Waals surface area contributed by atoms with Crippen LogP contribution in [0.1, 0.15) is 17.2 Å². The van der Waals surface area contributed by atoms with Crippen molar-refractivity contribution >= 4 is 17.5 Å². The van der Waals surface area contributed by atoms with E-state index in [2.05, 4.69) is 11.2 Å². The van der Waals surface area contributed by atoms with Crippen LogP contribution in [0.4, 0.5) is 0 Å². The van der Waals surface area contributed by atoms with E-state index >= 15 is 0 Å². The van der Waals surface area contributed by atoms with E-state index < -0.39 is 0 Å². The van der Waals surface area contributed by atoms with Gasteiger partial charge in [-0.1, -0.05) is 18.2 Å². The van der Waals surface area contributed by atoms with Crippen LogP contribution in [0.3, 0.4) is 0 Å². The summed E-state index contributed by atoms with van der Waals surface area (Å²) in [7, 11) is 1.87. The van der Waals surface area contributed by atoms with E-state index in [0.717, 1.165) is 17.0 Å². The third kappa shape index (κ3) is 2.95. The zero-order valence-electron chi connectivity index (χ0n) is 12.4. The number of hydrogen-bond acceptors (Lipinski definition) is 3. The number of alkyl halides is 1. The number of carbonyl (C=O) groups is 1. The number of aromatic nitrogens is 2. The van der Waals surface area contributed by atoms with Gasteiger partial charge in [-0.3, -0.25) is 9.48 Å². The van der Waals surface area contributed by atoms with Crippen LogP contribution in [0.5, 0.6) is 5.75 Å². The third-order valence-corrected chi connectivity index (χ3v) is 4.21. The maximum Gasteiger partial charge on any atom is 0.237 e. The van der Waals surface area contributed by atoms with Crippen LogP contribution in [0.15, 0.2) is 36.5 Å². The molecular weight excluding hydrogens is 302 g/mol. The number of amides is 1. The van der Waals surface area contributed by atoms with Gasteiger partial charge in [0.05, 0.1) is 18.8 Å². The number of nitrogens with zero attached hydrogens (tertiary/aromatic N) is 3. The molecular formula is C16H18ClN3O2. The molecule has 1 aromatic carbocycles. The molecule has 22 heavy (non-hydrogen) atoms. The van der Waals surface area contributed by atoms with Gasteiger partial charge in [0, 0.05) is 31.3 Å². The lowest BCUT2D eigenvalue weighted by Crippen LogP contribution is -2.36. The molecule has 0 saturated heterocycles. The average Bonchev–Trinajstić information content (AvgIpc) is 3.13. The Bertz CT molecular complexity index is 671. The van der Waals surface area contributed by atoms with Crippen LogP contribution in [-0.4, -0.2) is 39.6 Å². The Morgan fingerprint density at radius 1 is 1.45 bits per heavy atom. The van der Waals surface area contributed by atoms with Gasteiger partial charge in [-0.15, -0.1) is 11.6 Å². The molecule has 5 nitrogen and oxygen atoms in total. The fraction of sp³-hybridized carbons (Fsp3) is 0.375. The zero-order chi connectivity index (χ0) is 15.5. The summed E-state index contributed by atoms with van der Waals surface area (Å²) in [6.07, 6.45) is 1.73. The summed E-state index contributed by atoms with van der Waals surface area (Å²) < 4.78 is 7.47. The number of rotatable bonds is 5. The van der Waals surface area contributed by atoms with Crippen LogP contribution in [0.25, 0.3) is 0 Å². The lowest BCUT2D eigenvalue weighted by Gasteiger charge is -2.24. The standard InChI is InChI=1S/C16H18ClN3O2/c1-19-13(6-7-18-19)10-20(16(21)8-17)9-12-11-22-15-5-3-2-4-14(12)15/h2-7,12H,8-11H2,1H3. The summed E-state index contributed by atoms with van der Waals surface area (Å²) in [6, 6.07) is 9.88. The zero-order valence-corrected chi connectivity index (χ0v) is 13.2. The second-order valence-electron chi connectivity index (χ2n) is 5.40. The highest BCUT2D eigenvalue weighted by atomic mass is 35.5. The van der Waals surface area contributed by atoms with Crippen molar-refractivity contribution in [1.29, 1.82) is 0 Å². The maximum atomic E-state index is 12.2. The van der Waals surface area contributed by atoms with Gasteiger partial charge in [0.1, 0.15) is 11.6 Å². The number of aryl methyl sites for hydroxylation is 1. The number of benzene rings is 1. The second-order valence-corrected chi connectivity index (χ2v) is 5.67. The van der Waals surface area contributed by atoms with Crippen LogP contribution in [-0.2, 0) is 18.4 Å². The van der Waals surface area contributed by atoms with E-state index in [9.17, 15) is 4.79 Å². The lowest BCUT2D eigenvalue weighted by molar-refractivity contribution is -0.129. The van der Waals surface area contributed by atoms with E-state index in [0.29, 0.717) is 19.7 Å². The van der Waals surface area contributed by atoms with E-state index in [1.54, 1.807) is 15.8 Å². The number of fused-ring (bicyclic) bond motifs is 1. The molecule has 0 bridgehead atoms. The lowest BCUT2D eigenvalue weighted by atomic mass is 10.0. The third-order valence-electron chi connectivity index (χ3n) is 3.98. The van der Waals surface area contributed by atoms with Crippen molar-refractivity contribution in [3.63, 3.8) is 0 Å². The van der Waals surface area contributed by atoms with Crippen LogP contribution in [0, 0.1) is 0 Å². The van der Waals surface area contributed by atoms with Crippen LogP contribution < -0.4 is 4.74 Å². The van der Waals surface area contributed by atoms with Crippen molar-refractivity contribution in [3.8, 4) is 5.75 Å². The van der Waals surface area contributed by atoms with Gasteiger partial charge in [-0.25, -0.2) is 0 Å². The topological polar surface area (TPSA) is 47.4 Å². The number of hydrogen-bond donors (Lipinski definition) is 0. The van der Waals surface area contributed by atoms with Gasteiger partial charge >= 0.3 is 0 Å². The van der Waals surface area contributed by atoms with Crippen LogP contribution in [0.2, 0.25) is 0 Å². The minimum Gasteiger partial charge on any atom is -0.493 e. The fourth-order valence-electron chi connectivity index (χ4n) is 2.74. The van der Waals surface area contributed by atoms with E-state index in [-0.39, 0.29) is 17.7 Å². The molecule has 0 radical (unpaired) electrons. The first-order valence-electron chi connectivity index (χ1n) is 7.21. The Balaban J connectivity index is 1.77. The molecule has 0 spiro atoms. The summed E-state index contributed by atoms with van der Waals surface area (Å²) >= 11 is 5.77. The Labute approximate surface area is 134 Å². The molecule has 0 aliphatic carbocycles. The predicted octanol–water partition coefficient (Wildman–Crippen LogP) is 2.16. The number of halogens is 1. The first-order chi connectivity index (χ1) is 10.7. The Morgan fingerprint density at radius 3 is 3.00 bits per heavy atom. The van der Waals surface area contributed by atoms with E-state index in [4.69, 9.17) is 16.3 Å². The monoisotopic (exact) mass is 319 g/mol. The highest BCUT2D eigenvalue weighted by molar-refractivity contribution is 6.27. The Morgan fingerprint density at radius 2 is 2.27 bits per heavy atom. The van der Waals surface area contributed by atoms with Crippen molar-refractivity contribution in [2.24, 2.45) is 7.05 Å². The molecule has 1 aliphatic heterocycles. The molecule has 1 aromatic heterocycles. The summed E-state index contributed by atoms with van der Waals surface area (Å²) in [6.45, 7) is 1.69. The number of carbonyl (C=O) groups excluding carboxylic acids is 1. The smallest absolute Gasteiger partial charge is 0.237 e. The highest BCUT2D eigenvalue weighted by Crippen LogP contribution is 2.34. The van der Waals surface area contributed by atoms with Gasteiger partial charge in [0.25, 0.3) is 0 Å². The van der Waals surface area contributed by atoms with Crippen molar-refractivity contribution in [1.82, 2.24) is 14.7 Å². The van der Waals surface area contributed by atoms with Gasteiger partial charge < -0.3 is 9.64 Å². The first kappa shape index (κ1) is 14.9. The SMILES string of the molecule is Cn1nccc1CN(CC1COc2ccccc21)C(=O)CCl. The summed E-state index contributed by atoms with van der Waals surface area (Å²) in [5.74, 6) is 0.989. The minimum absolute atomic E-state index is 0.0208. The molecule has 3 rings (SSSR count). The average molecular weight is 320 g/mol. The van der Waals surface area contributed by atoms with Crippen molar-refractivity contribution < 1.29 is 9.53 Å². The minimum atomic E-state index is -0.0766. The molecule has 116 valence electrons. The van der Waals surface area contributed by atoms with Crippen molar-refractivity contribution in [2.45, 2.75) is 12.5 Å². The van der Waals surface area contributed by atoms with Crippen molar-refractivity contribution in [3.05, 3.63) is 47.8 Å². The van der Waals surface area contributed by atoms with E-state index in [1.165, 1.54) is 0 Å². The highest BCUT2D eigenvalue weighted by Gasteiger charge is 2.27. The molecule has 2 aromatic rings. The molecule has 1 amide bonds. The largest absolute Gasteiger partial charge is 0.493 e.